The van der Waals surface area contributed by atoms with Gasteiger partial charge < -0.3 is 15.8 Å². The molecule has 1 rings (SSSR count). The summed E-state index contributed by atoms with van der Waals surface area (Å²) in [6.07, 6.45) is 0.515. The topological polar surface area (TPSA) is 64.3 Å². The lowest BCUT2D eigenvalue weighted by Gasteiger charge is -2.12. The van der Waals surface area contributed by atoms with E-state index in [0.717, 1.165) is 0 Å². The SMILES string of the molecule is CC(C)CNC(=O)COc1ccc(F)cc1CCN. The Labute approximate surface area is 113 Å². The zero-order chi connectivity index (χ0) is 14.3. The van der Waals surface area contributed by atoms with Crippen molar-refractivity contribution in [2.24, 2.45) is 11.7 Å². The molecule has 1 amide bonds. The molecule has 1 aromatic rings. The highest BCUT2D eigenvalue weighted by Crippen LogP contribution is 2.19. The highest BCUT2D eigenvalue weighted by Gasteiger charge is 2.08. The summed E-state index contributed by atoms with van der Waals surface area (Å²) in [7, 11) is 0. The van der Waals surface area contributed by atoms with E-state index in [2.05, 4.69) is 5.32 Å². The summed E-state index contributed by atoms with van der Waals surface area (Å²) in [5, 5.41) is 2.75. The van der Waals surface area contributed by atoms with Crippen molar-refractivity contribution >= 4 is 5.91 Å². The van der Waals surface area contributed by atoms with Crippen LogP contribution in [-0.4, -0.2) is 25.6 Å². The van der Waals surface area contributed by atoms with E-state index in [4.69, 9.17) is 10.5 Å². The molecular weight excluding hydrogens is 247 g/mol. The first-order valence-electron chi connectivity index (χ1n) is 6.41. The van der Waals surface area contributed by atoms with Crippen LogP contribution in [0.1, 0.15) is 19.4 Å². The van der Waals surface area contributed by atoms with Gasteiger partial charge in [-0.25, -0.2) is 4.39 Å². The Morgan fingerprint density at radius 1 is 1.47 bits per heavy atom. The molecule has 0 fully saturated rings. The van der Waals surface area contributed by atoms with Gasteiger partial charge in [0.2, 0.25) is 0 Å². The number of hydrogen-bond donors (Lipinski definition) is 2. The fraction of sp³-hybridized carbons (Fsp3) is 0.500. The molecule has 0 saturated carbocycles. The molecule has 0 aliphatic carbocycles. The normalized spacial score (nSPS) is 10.6. The average molecular weight is 268 g/mol. The van der Waals surface area contributed by atoms with E-state index in [1.54, 1.807) is 0 Å². The zero-order valence-corrected chi connectivity index (χ0v) is 11.4. The van der Waals surface area contributed by atoms with Crippen LogP contribution >= 0.6 is 0 Å². The van der Waals surface area contributed by atoms with Gasteiger partial charge in [-0.1, -0.05) is 13.8 Å². The largest absolute Gasteiger partial charge is 0.483 e. The van der Waals surface area contributed by atoms with Crippen LogP contribution in [0.2, 0.25) is 0 Å². The molecule has 0 aliphatic rings. The van der Waals surface area contributed by atoms with Crippen LogP contribution in [0.5, 0.6) is 5.75 Å². The molecule has 0 aromatic heterocycles. The lowest BCUT2D eigenvalue weighted by Crippen LogP contribution is -2.31. The predicted molar refractivity (Wildman–Crippen MR) is 72.5 cm³/mol. The van der Waals surface area contributed by atoms with Gasteiger partial charge in [0.1, 0.15) is 11.6 Å². The van der Waals surface area contributed by atoms with Crippen LogP contribution in [0.15, 0.2) is 18.2 Å². The molecule has 0 atom stereocenters. The van der Waals surface area contributed by atoms with Gasteiger partial charge >= 0.3 is 0 Å². The molecule has 1 aromatic carbocycles. The number of hydrogen-bond acceptors (Lipinski definition) is 3. The number of carbonyl (C=O) groups excluding carboxylic acids is 1. The number of ether oxygens (including phenoxy) is 1. The standard InChI is InChI=1S/C14H21FN2O2/c1-10(2)8-17-14(18)9-19-13-4-3-12(15)7-11(13)5-6-16/h3-4,7,10H,5-6,8-9,16H2,1-2H3,(H,17,18). The summed E-state index contributed by atoms with van der Waals surface area (Å²) in [6.45, 7) is 4.97. The fourth-order valence-electron chi connectivity index (χ4n) is 1.55. The van der Waals surface area contributed by atoms with E-state index in [0.29, 0.717) is 36.7 Å². The molecule has 5 heteroatoms. The van der Waals surface area contributed by atoms with Crippen LogP contribution in [0.25, 0.3) is 0 Å². The summed E-state index contributed by atoms with van der Waals surface area (Å²) < 4.78 is 18.5. The quantitative estimate of drug-likeness (QED) is 0.787. The molecule has 0 heterocycles. The van der Waals surface area contributed by atoms with Gasteiger partial charge in [-0.15, -0.1) is 0 Å². The van der Waals surface area contributed by atoms with Crippen molar-refractivity contribution in [3.63, 3.8) is 0 Å². The summed E-state index contributed by atoms with van der Waals surface area (Å²) >= 11 is 0. The second-order valence-electron chi connectivity index (χ2n) is 4.78. The Balaban J connectivity index is 2.54. The molecule has 19 heavy (non-hydrogen) atoms. The zero-order valence-electron chi connectivity index (χ0n) is 11.4. The Bertz CT molecular complexity index is 422. The lowest BCUT2D eigenvalue weighted by molar-refractivity contribution is -0.123. The van der Waals surface area contributed by atoms with Crippen LogP contribution in [-0.2, 0) is 11.2 Å². The summed E-state index contributed by atoms with van der Waals surface area (Å²) in [6, 6.07) is 4.21. The van der Waals surface area contributed by atoms with Crippen molar-refractivity contribution < 1.29 is 13.9 Å². The highest BCUT2D eigenvalue weighted by molar-refractivity contribution is 5.77. The van der Waals surface area contributed by atoms with E-state index in [1.165, 1.54) is 18.2 Å². The van der Waals surface area contributed by atoms with E-state index >= 15 is 0 Å². The minimum Gasteiger partial charge on any atom is -0.483 e. The van der Waals surface area contributed by atoms with Gasteiger partial charge in [0, 0.05) is 6.54 Å². The third kappa shape index (κ3) is 5.70. The second-order valence-corrected chi connectivity index (χ2v) is 4.78. The van der Waals surface area contributed by atoms with E-state index in [-0.39, 0.29) is 18.3 Å². The number of rotatable bonds is 7. The molecule has 0 radical (unpaired) electrons. The van der Waals surface area contributed by atoms with Crippen LogP contribution in [0.4, 0.5) is 4.39 Å². The van der Waals surface area contributed by atoms with Crippen molar-refractivity contribution in [3.05, 3.63) is 29.6 Å². The minimum absolute atomic E-state index is 0.0735. The number of nitrogens with one attached hydrogen (secondary N) is 1. The number of nitrogens with two attached hydrogens (primary N) is 1. The molecule has 0 spiro atoms. The van der Waals surface area contributed by atoms with Gasteiger partial charge in [0.15, 0.2) is 6.61 Å². The van der Waals surface area contributed by atoms with Gasteiger partial charge in [0.25, 0.3) is 5.91 Å². The molecule has 0 aliphatic heterocycles. The predicted octanol–water partition coefficient (Wildman–Crippen LogP) is 1.48. The third-order valence-electron chi connectivity index (χ3n) is 2.50. The Morgan fingerprint density at radius 2 is 2.21 bits per heavy atom. The van der Waals surface area contributed by atoms with Crippen molar-refractivity contribution in [1.29, 1.82) is 0 Å². The maximum Gasteiger partial charge on any atom is 0.257 e. The maximum absolute atomic E-state index is 13.1. The first-order valence-corrected chi connectivity index (χ1v) is 6.41. The van der Waals surface area contributed by atoms with Crippen LogP contribution in [0, 0.1) is 11.7 Å². The first-order chi connectivity index (χ1) is 9.02. The lowest BCUT2D eigenvalue weighted by atomic mass is 10.1. The molecule has 106 valence electrons. The average Bonchev–Trinajstić information content (AvgIpc) is 2.35. The third-order valence-corrected chi connectivity index (χ3v) is 2.50. The molecule has 4 nitrogen and oxygen atoms in total. The smallest absolute Gasteiger partial charge is 0.257 e. The Kier molecular flexibility index (Phi) is 6.29. The Hall–Kier alpha value is -1.62. The van der Waals surface area contributed by atoms with Gasteiger partial charge in [-0.3, -0.25) is 4.79 Å². The minimum atomic E-state index is -0.333. The van der Waals surface area contributed by atoms with E-state index < -0.39 is 0 Å². The van der Waals surface area contributed by atoms with Crippen molar-refractivity contribution in [2.75, 3.05) is 19.7 Å². The van der Waals surface area contributed by atoms with Gasteiger partial charge in [-0.2, -0.15) is 0 Å². The first kappa shape index (κ1) is 15.4. The van der Waals surface area contributed by atoms with Crippen molar-refractivity contribution in [2.45, 2.75) is 20.3 Å². The summed E-state index contributed by atoms with van der Waals surface area (Å²) in [5.41, 5.74) is 6.14. The number of carbonyl (C=O) groups is 1. The monoisotopic (exact) mass is 268 g/mol. The van der Waals surface area contributed by atoms with Crippen molar-refractivity contribution in [1.82, 2.24) is 5.32 Å². The number of benzene rings is 1. The number of amides is 1. The van der Waals surface area contributed by atoms with Crippen molar-refractivity contribution in [3.8, 4) is 5.75 Å². The van der Waals surface area contributed by atoms with Crippen LogP contribution < -0.4 is 15.8 Å². The molecule has 3 N–H and O–H groups in total. The molecular formula is C14H21FN2O2. The summed E-state index contributed by atoms with van der Waals surface area (Å²) in [4.78, 5) is 11.5. The van der Waals surface area contributed by atoms with Crippen LogP contribution in [0.3, 0.4) is 0 Å². The molecule has 0 unspecified atom stereocenters. The van der Waals surface area contributed by atoms with Gasteiger partial charge in [0.05, 0.1) is 0 Å². The fourth-order valence-corrected chi connectivity index (χ4v) is 1.55. The molecule has 0 saturated heterocycles. The van der Waals surface area contributed by atoms with Gasteiger partial charge in [-0.05, 0) is 42.6 Å². The summed E-state index contributed by atoms with van der Waals surface area (Å²) in [5.74, 6) is 0.380. The Morgan fingerprint density at radius 3 is 2.84 bits per heavy atom. The highest BCUT2D eigenvalue weighted by atomic mass is 19.1. The second kappa shape index (κ2) is 7.74. The maximum atomic E-state index is 13.1. The van der Waals surface area contributed by atoms with E-state index in [1.807, 2.05) is 13.8 Å². The number of halogens is 1. The molecule has 0 bridgehead atoms. The van der Waals surface area contributed by atoms with E-state index in [9.17, 15) is 9.18 Å².